The molecule has 0 radical (unpaired) electrons. The van der Waals surface area contributed by atoms with Crippen LogP contribution >= 0.6 is 0 Å². The number of anilines is 1. The van der Waals surface area contributed by atoms with Gasteiger partial charge >= 0.3 is 189 Å². The zero-order chi connectivity index (χ0) is 22.6. The summed E-state index contributed by atoms with van der Waals surface area (Å²) in [6.07, 6.45) is 3.27. The number of piperazine rings is 1. The number of nitrogens with zero attached hydrogens (tertiary/aromatic N) is 5. The van der Waals surface area contributed by atoms with Crippen molar-refractivity contribution in [2.45, 2.75) is 71.1 Å². The molecule has 5 heterocycles. The Morgan fingerprint density at radius 2 is 2.22 bits per heavy atom. The molecular formula is C22H32BN7O2. The van der Waals surface area contributed by atoms with Gasteiger partial charge in [0.15, 0.2) is 0 Å². The third kappa shape index (κ3) is 3.35. The van der Waals surface area contributed by atoms with Crippen LogP contribution in [0.5, 0.6) is 0 Å². The monoisotopic (exact) mass is 437 g/mol. The Balaban J connectivity index is 1.34. The van der Waals surface area contributed by atoms with Crippen molar-refractivity contribution in [1.29, 1.82) is 0 Å². The Kier molecular flexibility index (Phi) is 5.15. The van der Waals surface area contributed by atoms with Crippen LogP contribution in [0.2, 0.25) is 0 Å². The molecule has 2 N–H and O–H groups in total. The molecule has 1 amide bonds. The molecule has 0 saturated carbocycles. The molecule has 0 spiro atoms. The van der Waals surface area contributed by atoms with Crippen LogP contribution in [0, 0.1) is 0 Å². The maximum atomic E-state index is 12.7. The van der Waals surface area contributed by atoms with E-state index in [1.807, 2.05) is 6.92 Å². The normalized spacial score (nSPS) is 24.5. The van der Waals surface area contributed by atoms with E-state index in [4.69, 9.17) is 4.52 Å². The van der Waals surface area contributed by atoms with E-state index in [1.165, 1.54) is 19.4 Å². The number of carbonyl (C=O) groups is 1. The molecule has 32 heavy (non-hydrogen) atoms. The van der Waals surface area contributed by atoms with Gasteiger partial charge in [-0.1, -0.05) is 0 Å². The van der Waals surface area contributed by atoms with Crippen LogP contribution in [0.4, 0.5) is 5.82 Å². The Morgan fingerprint density at radius 1 is 1.41 bits per heavy atom. The number of amides is 1. The van der Waals surface area contributed by atoms with Gasteiger partial charge in [0.2, 0.25) is 0 Å². The van der Waals surface area contributed by atoms with Gasteiger partial charge in [-0.15, -0.1) is 0 Å². The van der Waals surface area contributed by atoms with Gasteiger partial charge in [0.1, 0.15) is 0 Å². The first-order chi connectivity index (χ1) is 15.3. The van der Waals surface area contributed by atoms with Crippen LogP contribution in [-0.4, -0.2) is 80.9 Å². The number of rotatable bonds is 5. The van der Waals surface area contributed by atoms with Crippen LogP contribution < -0.4 is 5.32 Å². The fraction of sp³-hybridized carbons (Fsp3) is 0.636. The zero-order valence-electron chi connectivity index (χ0n) is 19.4. The molecule has 0 aliphatic carbocycles. The van der Waals surface area contributed by atoms with Crippen molar-refractivity contribution in [3.63, 3.8) is 0 Å². The number of hydrogen-bond acceptors (Lipinski definition) is 7. The SMILES string of the molecule is B=C(N1C[C@@H]2CCCN2C[C@@H]1C)N1Cc2c(NC(=O)c3cc(CC)no3)n[nH]c2C1(C)C. The van der Waals surface area contributed by atoms with Crippen LogP contribution in [0.15, 0.2) is 10.6 Å². The second-order valence-corrected chi connectivity index (χ2v) is 9.77. The van der Waals surface area contributed by atoms with Crippen molar-refractivity contribution in [3.8, 4) is 0 Å². The van der Waals surface area contributed by atoms with Gasteiger partial charge in [-0.3, -0.25) is 0 Å². The van der Waals surface area contributed by atoms with E-state index >= 15 is 0 Å². The average molecular weight is 437 g/mol. The van der Waals surface area contributed by atoms with Gasteiger partial charge in [0.25, 0.3) is 0 Å². The van der Waals surface area contributed by atoms with E-state index in [9.17, 15) is 4.79 Å². The van der Waals surface area contributed by atoms with Crippen LogP contribution in [0.1, 0.15) is 68.0 Å². The van der Waals surface area contributed by atoms with E-state index in [0.29, 0.717) is 30.9 Å². The molecule has 0 unspecified atom stereocenters. The zero-order valence-corrected chi connectivity index (χ0v) is 19.4. The molecule has 0 bridgehead atoms. The van der Waals surface area contributed by atoms with Crippen molar-refractivity contribution < 1.29 is 9.32 Å². The van der Waals surface area contributed by atoms with Crippen molar-refractivity contribution in [2.24, 2.45) is 0 Å². The summed E-state index contributed by atoms with van der Waals surface area (Å²) in [5.74, 6) is 0.393. The van der Waals surface area contributed by atoms with Crippen molar-refractivity contribution >= 4 is 24.9 Å². The molecule has 2 saturated heterocycles. The first-order valence-corrected chi connectivity index (χ1v) is 11.6. The summed E-state index contributed by atoms with van der Waals surface area (Å²) in [6, 6.07) is 2.71. The van der Waals surface area contributed by atoms with E-state index in [2.05, 4.69) is 63.6 Å². The second-order valence-electron chi connectivity index (χ2n) is 9.77. The minimum absolute atomic E-state index is 0.195. The average Bonchev–Trinajstić information content (AvgIpc) is 3.52. The quantitative estimate of drug-likeness (QED) is 0.684. The third-order valence-corrected chi connectivity index (χ3v) is 7.43. The summed E-state index contributed by atoms with van der Waals surface area (Å²) in [6.45, 7) is 12.6. The number of H-pyrrole nitrogens is 1. The Morgan fingerprint density at radius 3 is 2.97 bits per heavy atom. The first-order valence-electron chi connectivity index (χ1n) is 11.6. The molecular weight excluding hydrogens is 405 g/mol. The number of aromatic nitrogens is 3. The van der Waals surface area contributed by atoms with Gasteiger partial charge in [-0.2, -0.15) is 0 Å². The summed E-state index contributed by atoms with van der Waals surface area (Å²) in [5, 5.41) is 14.4. The van der Waals surface area contributed by atoms with E-state index in [1.54, 1.807) is 6.07 Å². The number of fused-ring (bicyclic) bond motifs is 2. The van der Waals surface area contributed by atoms with Crippen molar-refractivity contribution in [1.82, 2.24) is 30.1 Å². The molecule has 0 aromatic carbocycles. The molecule has 2 fully saturated rings. The van der Waals surface area contributed by atoms with E-state index in [0.717, 1.165) is 35.8 Å². The molecule has 5 rings (SSSR count). The summed E-state index contributed by atoms with van der Waals surface area (Å²) >= 11 is 0. The van der Waals surface area contributed by atoms with Crippen LogP contribution in [0.3, 0.4) is 0 Å². The minimum atomic E-state index is -0.340. The summed E-state index contributed by atoms with van der Waals surface area (Å²) in [7, 11) is 4.52. The third-order valence-electron chi connectivity index (χ3n) is 7.43. The van der Waals surface area contributed by atoms with Crippen LogP contribution in [0.25, 0.3) is 0 Å². The molecule has 3 aliphatic rings. The van der Waals surface area contributed by atoms with E-state index in [-0.39, 0.29) is 17.2 Å². The summed E-state index contributed by atoms with van der Waals surface area (Å²) < 4.78 is 5.18. The number of aryl methyl sites for hydroxylation is 1. The standard InChI is InChI=1S/C22H32BN7O2/c1-5-14-9-17(32-27-14)20(31)24-19-16-12-30(22(3,4)18(16)25-26-19)21(23)29-11-15-7-6-8-28(15)10-13(29)2/h9,13,15,23H,5-8,10-12H2,1-4H3,(H2,24,25,26,31)/t13-,15-/m0/s1. The summed E-state index contributed by atoms with van der Waals surface area (Å²) in [4.78, 5) is 20.1. The maximum absolute atomic E-state index is 12.7. The number of hydrogen-bond donors (Lipinski definition) is 2. The number of carbonyl (C=O) groups excluding carboxylic acids is 1. The molecule has 9 nitrogen and oxygen atoms in total. The molecule has 2 aromatic rings. The molecule has 2 aromatic heterocycles. The van der Waals surface area contributed by atoms with Gasteiger partial charge in [0.05, 0.1) is 0 Å². The Labute approximate surface area is 189 Å². The van der Waals surface area contributed by atoms with Crippen molar-refractivity contribution in [2.75, 3.05) is 25.0 Å². The Bertz CT molecular complexity index is 1040. The molecule has 170 valence electrons. The number of aromatic amines is 1. The van der Waals surface area contributed by atoms with Crippen LogP contribution in [-0.2, 0) is 18.5 Å². The Hall–Kier alpha value is -2.62. The van der Waals surface area contributed by atoms with Crippen molar-refractivity contribution in [3.05, 3.63) is 28.8 Å². The predicted molar refractivity (Wildman–Crippen MR) is 124 cm³/mol. The van der Waals surface area contributed by atoms with Gasteiger partial charge in [-0.05, 0) is 0 Å². The molecule has 10 heteroatoms. The van der Waals surface area contributed by atoms with Gasteiger partial charge in [-0.25, -0.2) is 0 Å². The predicted octanol–water partition coefficient (Wildman–Crippen LogP) is 1.42. The topological polar surface area (TPSA) is 93.5 Å². The molecule has 3 aliphatic heterocycles. The fourth-order valence-corrected chi connectivity index (χ4v) is 5.49. The van der Waals surface area contributed by atoms with E-state index < -0.39 is 0 Å². The van der Waals surface area contributed by atoms with Gasteiger partial charge < -0.3 is 0 Å². The molecule has 2 atom stereocenters. The fourth-order valence-electron chi connectivity index (χ4n) is 5.49. The summed E-state index contributed by atoms with van der Waals surface area (Å²) in [5.41, 5.74) is 3.48. The second kappa shape index (κ2) is 7.76. The first kappa shape index (κ1) is 21.2. The van der Waals surface area contributed by atoms with Gasteiger partial charge in [0, 0.05) is 0 Å². The number of nitrogens with one attached hydrogen (secondary N) is 2.